The maximum atomic E-state index is 8.40. The molecule has 0 aliphatic rings. The number of aliphatic hydroxyl groups is 1. The molecule has 1 N–H and O–H groups in total. The van der Waals surface area contributed by atoms with Crippen LogP contribution in [0.1, 0.15) is 0 Å². The molecule has 8 heavy (non-hydrogen) atoms. The zero-order valence-electron chi connectivity index (χ0n) is 5.05. The van der Waals surface area contributed by atoms with Gasteiger partial charge >= 0.3 is 0 Å². The molecule has 0 aliphatic carbocycles. The van der Waals surface area contributed by atoms with Crippen molar-refractivity contribution in [3.8, 4) is 0 Å². The summed E-state index contributed by atoms with van der Waals surface area (Å²) >= 11 is 3.32. The lowest BCUT2D eigenvalue weighted by atomic mass is 10.7. The highest BCUT2D eigenvalue weighted by Crippen LogP contribution is 2.22. The average Bonchev–Trinajstić information content (AvgIpc) is 1.83. The molecule has 0 aromatic carbocycles. The minimum absolute atomic E-state index is 0.150. The molecule has 1 nitrogen and oxygen atoms in total. The van der Waals surface area contributed by atoms with Crippen molar-refractivity contribution in [1.29, 1.82) is 0 Å². The molecule has 0 aromatic rings. The molecule has 0 bridgehead atoms. The van der Waals surface area contributed by atoms with Gasteiger partial charge in [-0.1, -0.05) is 0 Å². The molecule has 0 heterocycles. The van der Waals surface area contributed by atoms with E-state index in [1.54, 1.807) is 29.6 Å². The monoisotopic (exact) mass is 150 g/mol. The fraction of sp³-hybridized carbons (Fsp3) is 0.600. The summed E-state index contributed by atoms with van der Waals surface area (Å²) in [5, 5.41) is 8.40. The number of hydrogen-bond donors (Lipinski definition) is 1. The normalized spacial score (nSPS) is 8.88. The van der Waals surface area contributed by atoms with Crippen molar-refractivity contribution in [1.82, 2.24) is 0 Å². The van der Waals surface area contributed by atoms with E-state index in [9.17, 15) is 0 Å². The van der Waals surface area contributed by atoms with E-state index in [2.05, 4.69) is 0 Å². The highest BCUT2D eigenvalue weighted by Gasteiger charge is 1.86. The largest absolute Gasteiger partial charge is 0.392 e. The molecule has 0 spiro atoms. The highest BCUT2D eigenvalue weighted by atomic mass is 32.2. The number of thioether (sulfide) groups is 2. The van der Waals surface area contributed by atoms with E-state index in [1.807, 2.05) is 12.5 Å². The van der Waals surface area contributed by atoms with Gasteiger partial charge in [0.1, 0.15) is 0 Å². The molecule has 0 aromatic heterocycles. The van der Waals surface area contributed by atoms with Gasteiger partial charge in [-0.2, -0.15) is 0 Å². The first-order chi connectivity index (χ1) is 3.85. The summed E-state index contributed by atoms with van der Waals surface area (Å²) in [5.41, 5.74) is 0. The zero-order valence-corrected chi connectivity index (χ0v) is 6.68. The van der Waals surface area contributed by atoms with Crippen molar-refractivity contribution in [3.63, 3.8) is 0 Å². The zero-order chi connectivity index (χ0) is 6.41. The maximum absolute atomic E-state index is 8.40. The number of aliphatic hydroxyl groups excluding tert-OH is 1. The first-order valence-electron chi connectivity index (χ1n) is 2.24. The second-order valence-corrected chi connectivity index (χ2v) is 3.07. The quantitative estimate of drug-likeness (QED) is 0.659. The van der Waals surface area contributed by atoms with Crippen LogP contribution in [-0.2, 0) is 0 Å². The van der Waals surface area contributed by atoms with E-state index in [-0.39, 0.29) is 6.61 Å². The Balaban J connectivity index is 3.49. The standard InChI is InChI=1S/C5H10OS2/c1-7-5(8-2)3-4-6/h3,6H,4H2,1-2H3. The van der Waals surface area contributed by atoms with Crippen molar-refractivity contribution in [2.45, 2.75) is 0 Å². The van der Waals surface area contributed by atoms with Crippen molar-refractivity contribution >= 4 is 23.5 Å². The molecule has 0 amide bonds. The fourth-order valence-electron chi connectivity index (χ4n) is 0.325. The SMILES string of the molecule is CSC(=CCO)SC. The summed E-state index contributed by atoms with van der Waals surface area (Å²) in [7, 11) is 0. The van der Waals surface area contributed by atoms with Gasteiger partial charge in [0.05, 0.1) is 6.61 Å². The van der Waals surface area contributed by atoms with Gasteiger partial charge in [-0.3, -0.25) is 0 Å². The molecule has 0 fully saturated rings. The van der Waals surface area contributed by atoms with Crippen LogP contribution in [0.15, 0.2) is 10.3 Å². The minimum Gasteiger partial charge on any atom is -0.392 e. The Morgan fingerprint density at radius 2 is 2.00 bits per heavy atom. The van der Waals surface area contributed by atoms with Gasteiger partial charge in [-0.25, -0.2) is 0 Å². The first-order valence-corrected chi connectivity index (χ1v) is 4.69. The van der Waals surface area contributed by atoms with Gasteiger partial charge in [0.25, 0.3) is 0 Å². The van der Waals surface area contributed by atoms with Crippen LogP contribution < -0.4 is 0 Å². The Bertz CT molecular complexity index is 74.5. The van der Waals surface area contributed by atoms with Crippen molar-refractivity contribution in [2.24, 2.45) is 0 Å². The summed E-state index contributed by atoms with van der Waals surface area (Å²) in [6.45, 7) is 0.150. The number of hydrogen-bond acceptors (Lipinski definition) is 3. The third kappa shape index (κ3) is 3.41. The molecular weight excluding hydrogens is 140 g/mol. The van der Waals surface area contributed by atoms with Crippen molar-refractivity contribution in [3.05, 3.63) is 10.3 Å². The van der Waals surface area contributed by atoms with Gasteiger partial charge in [0.2, 0.25) is 0 Å². The van der Waals surface area contributed by atoms with Crippen LogP contribution in [0.4, 0.5) is 0 Å². The first kappa shape index (κ1) is 8.40. The van der Waals surface area contributed by atoms with Crippen LogP contribution in [-0.4, -0.2) is 24.2 Å². The molecule has 0 saturated carbocycles. The summed E-state index contributed by atoms with van der Waals surface area (Å²) < 4.78 is 1.17. The lowest BCUT2D eigenvalue weighted by Crippen LogP contribution is -1.73. The van der Waals surface area contributed by atoms with Gasteiger partial charge in [-0.15, -0.1) is 23.5 Å². The molecule has 0 atom stereocenters. The van der Waals surface area contributed by atoms with Crippen LogP contribution in [0, 0.1) is 0 Å². The second-order valence-electron chi connectivity index (χ2n) is 1.11. The third-order valence-corrected chi connectivity index (χ3v) is 2.80. The molecule has 0 rings (SSSR count). The maximum Gasteiger partial charge on any atom is 0.0631 e. The Kier molecular flexibility index (Phi) is 5.81. The van der Waals surface area contributed by atoms with E-state index in [0.29, 0.717) is 0 Å². The molecule has 0 unspecified atom stereocenters. The smallest absolute Gasteiger partial charge is 0.0631 e. The van der Waals surface area contributed by atoms with Gasteiger partial charge in [-0.05, 0) is 18.6 Å². The molecule has 48 valence electrons. The summed E-state index contributed by atoms with van der Waals surface area (Å²) in [5.74, 6) is 0. The second kappa shape index (κ2) is 5.54. The van der Waals surface area contributed by atoms with E-state index >= 15 is 0 Å². The Hall–Kier alpha value is 0.400. The predicted molar refractivity (Wildman–Crippen MR) is 42.2 cm³/mol. The molecular formula is C5H10OS2. The van der Waals surface area contributed by atoms with Gasteiger partial charge in [0.15, 0.2) is 0 Å². The molecule has 0 aliphatic heterocycles. The Labute approximate surface area is 58.5 Å². The lowest BCUT2D eigenvalue weighted by Gasteiger charge is -1.94. The van der Waals surface area contributed by atoms with Crippen LogP contribution in [0.25, 0.3) is 0 Å². The van der Waals surface area contributed by atoms with Crippen LogP contribution in [0.3, 0.4) is 0 Å². The summed E-state index contributed by atoms with van der Waals surface area (Å²) in [6, 6.07) is 0. The van der Waals surface area contributed by atoms with Gasteiger partial charge < -0.3 is 5.11 Å². The summed E-state index contributed by atoms with van der Waals surface area (Å²) in [6.07, 6.45) is 5.80. The van der Waals surface area contributed by atoms with Crippen molar-refractivity contribution in [2.75, 3.05) is 19.1 Å². The average molecular weight is 150 g/mol. The van der Waals surface area contributed by atoms with Crippen LogP contribution in [0.2, 0.25) is 0 Å². The van der Waals surface area contributed by atoms with E-state index in [0.717, 1.165) is 0 Å². The van der Waals surface area contributed by atoms with Crippen LogP contribution >= 0.6 is 23.5 Å². The van der Waals surface area contributed by atoms with E-state index in [1.165, 1.54) is 4.24 Å². The van der Waals surface area contributed by atoms with Crippen LogP contribution in [0.5, 0.6) is 0 Å². The van der Waals surface area contributed by atoms with E-state index in [4.69, 9.17) is 5.11 Å². The topological polar surface area (TPSA) is 20.2 Å². The molecule has 3 heteroatoms. The van der Waals surface area contributed by atoms with Gasteiger partial charge in [0, 0.05) is 4.24 Å². The molecule has 0 radical (unpaired) electrons. The Morgan fingerprint density at radius 1 is 1.50 bits per heavy atom. The Morgan fingerprint density at radius 3 is 2.12 bits per heavy atom. The third-order valence-electron chi connectivity index (χ3n) is 0.660. The number of rotatable bonds is 3. The van der Waals surface area contributed by atoms with E-state index < -0.39 is 0 Å². The predicted octanol–water partition coefficient (Wildman–Crippen LogP) is 1.55. The minimum atomic E-state index is 0.150. The summed E-state index contributed by atoms with van der Waals surface area (Å²) in [4.78, 5) is 0. The highest BCUT2D eigenvalue weighted by molar-refractivity contribution is 8.21. The fourth-order valence-corrected chi connectivity index (χ4v) is 1.47. The molecule has 0 saturated heterocycles. The van der Waals surface area contributed by atoms with Crippen molar-refractivity contribution < 1.29 is 5.11 Å². The lowest BCUT2D eigenvalue weighted by molar-refractivity contribution is 0.343.